The highest BCUT2D eigenvalue weighted by Crippen LogP contribution is 2.17. The van der Waals surface area contributed by atoms with Crippen LogP contribution in [0.5, 0.6) is 0 Å². The van der Waals surface area contributed by atoms with Crippen molar-refractivity contribution in [2.75, 3.05) is 11.3 Å². The Labute approximate surface area is 118 Å². The number of aromatic nitrogens is 1. The Hall–Kier alpha value is -1.86. The van der Waals surface area contributed by atoms with Crippen molar-refractivity contribution < 1.29 is 12.8 Å². The first kappa shape index (κ1) is 14.5. The third-order valence-electron chi connectivity index (χ3n) is 2.58. The van der Waals surface area contributed by atoms with Gasteiger partial charge in [-0.15, -0.1) is 0 Å². The van der Waals surface area contributed by atoms with Crippen LogP contribution in [0.3, 0.4) is 0 Å². The Bertz CT molecular complexity index is 680. The largest absolute Gasteiger partial charge is 0.446 e. The number of hydrogen-bond acceptors (Lipinski definition) is 5. The van der Waals surface area contributed by atoms with Gasteiger partial charge in [-0.05, 0) is 37.7 Å². The van der Waals surface area contributed by atoms with E-state index < -0.39 is 10.0 Å². The van der Waals surface area contributed by atoms with Crippen LogP contribution in [0.2, 0.25) is 0 Å². The molecule has 0 atom stereocenters. The van der Waals surface area contributed by atoms with Gasteiger partial charge in [0.2, 0.25) is 5.09 Å². The summed E-state index contributed by atoms with van der Waals surface area (Å²) in [6.45, 7) is 5.04. The lowest BCUT2D eigenvalue weighted by atomic mass is 10.4. The number of aryl methyl sites for hydroxylation is 1. The molecule has 6 nitrogen and oxygen atoms in total. The zero-order valence-electron chi connectivity index (χ0n) is 11.4. The minimum Gasteiger partial charge on any atom is -0.446 e. The first-order chi connectivity index (χ1) is 9.51. The molecule has 0 aliphatic heterocycles. The van der Waals surface area contributed by atoms with Gasteiger partial charge in [0, 0.05) is 5.69 Å². The van der Waals surface area contributed by atoms with Crippen LogP contribution in [0, 0.1) is 6.92 Å². The van der Waals surface area contributed by atoms with Crippen LogP contribution in [-0.4, -0.2) is 19.9 Å². The fourth-order valence-electron chi connectivity index (χ4n) is 1.63. The van der Waals surface area contributed by atoms with E-state index in [1.54, 1.807) is 31.2 Å². The summed E-state index contributed by atoms with van der Waals surface area (Å²) < 4.78 is 32.0. The molecule has 0 saturated heterocycles. The molecular formula is C13H17N3O3S. The van der Waals surface area contributed by atoms with E-state index in [-0.39, 0.29) is 10.9 Å². The van der Waals surface area contributed by atoms with Gasteiger partial charge in [0.25, 0.3) is 10.0 Å². The fraction of sp³-hybridized carbons (Fsp3) is 0.308. The van der Waals surface area contributed by atoms with Gasteiger partial charge >= 0.3 is 0 Å². The molecule has 2 aromatic heterocycles. The smallest absolute Gasteiger partial charge is 0.296 e. The van der Waals surface area contributed by atoms with Crippen molar-refractivity contribution >= 4 is 15.8 Å². The van der Waals surface area contributed by atoms with E-state index in [9.17, 15) is 8.42 Å². The van der Waals surface area contributed by atoms with Crippen LogP contribution in [0.4, 0.5) is 5.82 Å². The SMILES string of the molecule is CCNCc1ccc(S(=O)(=O)Nc2cccc(C)n2)o1. The van der Waals surface area contributed by atoms with Gasteiger partial charge in [0.15, 0.2) is 0 Å². The van der Waals surface area contributed by atoms with Crippen LogP contribution < -0.4 is 10.0 Å². The number of nitrogens with one attached hydrogen (secondary N) is 2. The van der Waals surface area contributed by atoms with Gasteiger partial charge in [-0.1, -0.05) is 13.0 Å². The maximum atomic E-state index is 12.1. The predicted molar refractivity (Wildman–Crippen MR) is 75.9 cm³/mol. The summed E-state index contributed by atoms with van der Waals surface area (Å²) in [6, 6.07) is 8.19. The van der Waals surface area contributed by atoms with E-state index >= 15 is 0 Å². The average Bonchev–Trinajstić information content (AvgIpc) is 2.85. The third kappa shape index (κ3) is 3.58. The van der Waals surface area contributed by atoms with Crippen LogP contribution in [0.15, 0.2) is 39.8 Å². The molecule has 0 aliphatic carbocycles. The molecule has 0 fully saturated rings. The molecule has 108 valence electrons. The molecule has 20 heavy (non-hydrogen) atoms. The van der Waals surface area contributed by atoms with Crippen molar-refractivity contribution in [3.63, 3.8) is 0 Å². The van der Waals surface area contributed by atoms with Crippen molar-refractivity contribution in [2.45, 2.75) is 25.5 Å². The Morgan fingerprint density at radius 3 is 2.75 bits per heavy atom. The van der Waals surface area contributed by atoms with E-state index in [0.29, 0.717) is 12.3 Å². The summed E-state index contributed by atoms with van der Waals surface area (Å²) in [5.41, 5.74) is 0.734. The maximum absolute atomic E-state index is 12.1. The number of sulfonamides is 1. The Kier molecular flexibility index (Phi) is 4.41. The van der Waals surface area contributed by atoms with E-state index in [2.05, 4.69) is 15.0 Å². The lowest BCUT2D eigenvalue weighted by Crippen LogP contribution is -2.14. The molecular weight excluding hydrogens is 278 g/mol. The van der Waals surface area contributed by atoms with Crippen LogP contribution in [0.1, 0.15) is 18.4 Å². The van der Waals surface area contributed by atoms with Crippen molar-refractivity contribution in [1.82, 2.24) is 10.3 Å². The number of hydrogen-bond donors (Lipinski definition) is 2. The summed E-state index contributed by atoms with van der Waals surface area (Å²) in [6.07, 6.45) is 0. The highest BCUT2D eigenvalue weighted by molar-refractivity contribution is 7.92. The highest BCUT2D eigenvalue weighted by atomic mass is 32.2. The van der Waals surface area contributed by atoms with Crippen LogP contribution in [-0.2, 0) is 16.6 Å². The number of rotatable bonds is 6. The van der Waals surface area contributed by atoms with E-state index in [4.69, 9.17) is 4.42 Å². The average molecular weight is 295 g/mol. The van der Waals surface area contributed by atoms with Gasteiger partial charge in [0.05, 0.1) is 6.54 Å². The van der Waals surface area contributed by atoms with E-state index in [1.807, 2.05) is 6.92 Å². The van der Waals surface area contributed by atoms with Gasteiger partial charge in [0.1, 0.15) is 11.6 Å². The first-order valence-corrected chi connectivity index (χ1v) is 7.75. The van der Waals surface area contributed by atoms with Crippen LogP contribution in [0.25, 0.3) is 0 Å². The Balaban J connectivity index is 2.16. The molecule has 0 saturated carbocycles. The topological polar surface area (TPSA) is 84.2 Å². The Morgan fingerprint density at radius 1 is 1.25 bits per heavy atom. The molecule has 2 aromatic rings. The fourth-order valence-corrected chi connectivity index (χ4v) is 2.59. The molecule has 0 unspecified atom stereocenters. The van der Waals surface area contributed by atoms with Gasteiger partial charge in [-0.25, -0.2) is 4.98 Å². The minimum absolute atomic E-state index is 0.117. The molecule has 2 N–H and O–H groups in total. The molecule has 2 rings (SSSR count). The second kappa shape index (κ2) is 6.06. The predicted octanol–water partition coefficient (Wildman–Crippen LogP) is 1.89. The normalized spacial score (nSPS) is 11.5. The molecule has 0 aromatic carbocycles. The molecule has 0 radical (unpaired) electrons. The van der Waals surface area contributed by atoms with Gasteiger partial charge < -0.3 is 9.73 Å². The van der Waals surface area contributed by atoms with Gasteiger partial charge in [-0.3, -0.25) is 4.72 Å². The molecule has 0 spiro atoms. The lowest BCUT2D eigenvalue weighted by Gasteiger charge is -2.05. The number of pyridine rings is 1. The van der Waals surface area contributed by atoms with Crippen molar-refractivity contribution in [3.05, 3.63) is 41.8 Å². The second-order valence-electron chi connectivity index (χ2n) is 4.27. The van der Waals surface area contributed by atoms with Crippen LogP contribution >= 0.6 is 0 Å². The molecule has 0 bridgehead atoms. The third-order valence-corrected chi connectivity index (χ3v) is 3.81. The Morgan fingerprint density at radius 2 is 2.05 bits per heavy atom. The lowest BCUT2D eigenvalue weighted by molar-refractivity contribution is 0.405. The summed E-state index contributed by atoms with van der Waals surface area (Å²) in [5.74, 6) is 0.846. The van der Waals surface area contributed by atoms with E-state index in [1.165, 1.54) is 6.07 Å². The van der Waals surface area contributed by atoms with Crippen molar-refractivity contribution in [2.24, 2.45) is 0 Å². The summed E-state index contributed by atoms with van der Waals surface area (Å²) in [7, 11) is -3.74. The molecule has 2 heterocycles. The summed E-state index contributed by atoms with van der Waals surface area (Å²) in [5, 5.41) is 2.95. The zero-order valence-corrected chi connectivity index (χ0v) is 12.2. The van der Waals surface area contributed by atoms with Crippen molar-refractivity contribution in [3.8, 4) is 0 Å². The zero-order chi connectivity index (χ0) is 14.6. The highest BCUT2D eigenvalue weighted by Gasteiger charge is 2.19. The quantitative estimate of drug-likeness (QED) is 0.850. The van der Waals surface area contributed by atoms with Gasteiger partial charge in [-0.2, -0.15) is 8.42 Å². The standard InChI is InChI=1S/C13H17N3O3S/c1-3-14-9-11-7-8-13(19-11)20(17,18)16-12-6-4-5-10(2)15-12/h4-8,14H,3,9H2,1-2H3,(H,15,16). The van der Waals surface area contributed by atoms with E-state index in [0.717, 1.165) is 12.2 Å². The summed E-state index contributed by atoms with van der Waals surface area (Å²) in [4.78, 5) is 4.10. The maximum Gasteiger partial charge on any atom is 0.296 e. The first-order valence-electron chi connectivity index (χ1n) is 6.27. The molecule has 7 heteroatoms. The monoisotopic (exact) mass is 295 g/mol. The molecule has 0 aliphatic rings. The minimum atomic E-state index is -3.74. The second-order valence-corrected chi connectivity index (χ2v) is 5.88. The number of nitrogens with zero attached hydrogens (tertiary/aromatic N) is 1. The molecule has 0 amide bonds. The number of furan rings is 1. The number of anilines is 1. The summed E-state index contributed by atoms with van der Waals surface area (Å²) >= 11 is 0. The van der Waals surface area contributed by atoms with Crippen molar-refractivity contribution in [1.29, 1.82) is 0 Å².